The summed E-state index contributed by atoms with van der Waals surface area (Å²) >= 11 is 0. The van der Waals surface area contributed by atoms with Crippen LogP contribution in [0.1, 0.15) is 48.6 Å². The van der Waals surface area contributed by atoms with Gasteiger partial charge in [-0.25, -0.2) is 9.78 Å². The van der Waals surface area contributed by atoms with Crippen LogP contribution in [0.5, 0.6) is 0 Å². The van der Waals surface area contributed by atoms with Crippen molar-refractivity contribution in [3.8, 4) is 6.07 Å². The first-order chi connectivity index (χ1) is 15.0. The molecule has 2 unspecified atom stereocenters. The highest BCUT2D eigenvalue weighted by atomic mass is 16.2. The van der Waals surface area contributed by atoms with Crippen molar-refractivity contribution in [1.82, 2.24) is 25.4 Å². The van der Waals surface area contributed by atoms with Crippen LogP contribution in [0.4, 0.5) is 16.4 Å². The van der Waals surface area contributed by atoms with Gasteiger partial charge in [0.15, 0.2) is 5.82 Å². The van der Waals surface area contributed by atoms with Crippen molar-refractivity contribution in [3.63, 3.8) is 0 Å². The third kappa shape index (κ3) is 3.38. The fraction of sp³-hybridized carbons (Fsp3) is 0.304. The molecule has 3 aromatic rings. The van der Waals surface area contributed by atoms with Gasteiger partial charge in [0.1, 0.15) is 5.82 Å². The summed E-state index contributed by atoms with van der Waals surface area (Å²) < 4.78 is 0. The molecule has 3 N–H and O–H groups in total. The zero-order chi connectivity index (χ0) is 21.6. The van der Waals surface area contributed by atoms with Crippen LogP contribution in [0.25, 0.3) is 0 Å². The number of carbonyl (C=O) groups is 1. The van der Waals surface area contributed by atoms with Crippen molar-refractivity contribution in [2.75, 3.05) is 5.32 Å². The number of hydrogen-bond donors (Lipinski definition) is 3. The summed E-state index contributed by atoms with van der Waals surface area (Å²) in [5.74, 6) is 1.54. The van der Waals surface area contributed by atoms with Crippen molar-refractivity contribution in [2.24, 2.45) is 0 Å². The average molecular weight is 413 g/mol. The normalized spacial score (nSPS) is 20.6. The van der Waals surface area contributed by atoms with Crippen LogP contribution < -0.4 is 10.6 Å². The van der Waals surface area contributed by atoms with Crippen LogP contribution in [-0.4, -0.2) is 32.2 Å². The summed E-state index contributed by atoms with van der Waals surface area (Å²) in [6.07, 6.45) is 2.54. The molecule has 8 heteroatoms. The Morgan fingerprint density at radius 3 is 2.87 bits per heavy atom. The molecule has 1 aromatic carbocycles. The summed E-state index contributed by atoms with van der Waals surface area (Å²) in [5, 5.41) is 22.9. The van der Waals surface area contributed by atoms with Crippen LogP contribution in [0.15, 0.2) is 48.7 Å². The molecule has 8 nitrogen and oxygen atoms in total. The molecular weight excluding hydrogens is 390 g/mol. The molecule has 5 rings (SSSR count). The first-order valence-electron chi connectivity index (χ1n) is 10.3. The number of nitriles is 1. The minimum absolute atomic E-state index is 0.0754. The highest BCUT2D eigenvalue weighted by Gasteiger charge is 2.46. The number of fused-ring (bicyclic) bond motifs is 1. The molecule has 31 heavy (non-hydrogen) atoms. The summed E-state index contributed by atoms with van der Waals surface area (Å²) in [7, 11) is 0. The van der Waals surface area contributed by atoms with Gasteiger partial charge in [0.2, 0.25) is 0 Å². The fourth-order valence-electron chi connectivity index (χ4n) is 4.29. The average Bonchev–Trinajstić information content (AvgIpc) is 3.33. The van der Waals surface area contributed by atoms with E-state index in [0.717, 1.165) is 17.7 Å². The maximum Gasteiger partial charge on any atom is 0.318 e. The standard InChI is InChI=1S/C23H23N7O/c1-23(2)20-17(21(29-28-20)27-19-10-14(12-24)8-9-25-19)13-30(23)22(31)26-18-11-16(18)15-6-4-3-5-7-15/h3-10,16,18H,11,13H2,1-2H3,(H,26,31)(H2,25,27,28,29). The van der Waals surface area contributed by atoms with E-state index in [4.69, 9.17) is 5.26 Å². The van der Waals surface area contributed by atoms with Crippen LogP contribution >= 0.6 is 0 Å². The van der Waals surface area contributed by atoms with E-state index in [1.807, 2.05) is 36.9 Å². The predicted octanol–water partition coefficient (Wildman–Crippen LogP) is 3.74. The van der Waals surface area contributed by atoms with Crippen LogP contribution in [-0.2, 0) is 12.1 Å². The highest BCUT2D eigenvalue weighted by molar-refractivity contribution is 5.78. The summed E-state index contributed by atoms with van der Waals surface area (Å²) in [4.78, 5) is 19.2. The first kappa shape index (κ1) is 19.1. The van der Waals surface area contributed by atoms with E-state index >= 15 is 0 Å². The number of anilines is 2. The molecule has 1 fully saturated rings. The molecule has 3 heterocycles. The van der Waals surface area contributed by atoms with Gasteiger partial charge >= 0.3 is 6.03 Å². The first-order valence-corrected chi connectivity index (χ1v) is 10.3. The van der Waals surface area contributed by atoms with Gasteiger partial charge in [-0.3, -0.25) is 5.10 Å². The molecule has 1 aliphatic carbocycles. The second-order valence-corrected chi connectivity index (χ2v) is 8.55. The number of aromatic amines is 1. The largest absolute Gasteiger partial charge is 0.335 e. The number of rotatable bonds is 4. The zero-order valence-electron chi connectivity index (χ0n) is 17.4. The Kier molecular flexibility index (Phi) is 4.40. The second kappa shape index (κ2) is 7.13. The SMILES string of the molecule is CC1(C)c2[nH]nc(Nc3cc(C#N)ccn3)c2CN1C(=O)NC1CC1c1ccccc1. The highest BCUT2D eigenvalue weighted by Crippen LogP contribution is 2.43. The van der Waals surface area contributed by atoms with E-state index in [1.165, 1.54) is 5.56 Å². The number of H-pyrrole nitrogens is 1. The van der Waals surface area contributed by atoms with Crippen LogP contribution in [0, 0.1) is 11.3 Å². The molecule has 1 aliphatic heterocycles. The number of nitrogens with one attached hydrogen (secondary N) is 3. The number of benzene rings is 1. The molecule has 0 radical (unpaired) electrons. The Morgan fingerprint density at radius 2 is 2.10 bits per heavy atom. The number of nitrogens with zero attached hydrogens (tertiary/aromatic N) is 4. The quantitative estimate of drug-likeness (QED) is 0.604. The van der Waals surface area contributed by atoms with Gasteiger partial charge in [-0.2, -0.15) is 10.4 Å². The minimum Gasteiger partial charge on any atom is -0.335 e. The number of pyridine rings is 1. The van der Waals surface area contributed by atoms with Crippen molar-refractivity contribution in [3.05, 3.63) is 71.0 Å². The second-order valence-electron chi connectivity index (χ2n) is 8.55. The maximum atomic E-state index is 13.1. The zero-order valence-corrected chi connectivity index (χ0v) is 17.4. The molecule has 2 aliphatic rings. The Hall–Kier alpha value is -3.86. The summed E-state index contributed by atoms with van der Waals surface area (Å²) in [5.41, 5.74) is 3.09. The molecule has 2 amide bonds. The van der Waals surface area contributed by atoms with Crippen molar-refractivity contribution >= 4 is 17.7 Å². The monoisotopic (exact) mass is 413 g/mol. The molecule has 0 spiro atoms. The van der Waals surface area contributed by atoms with E-state index in [0.29, 0.717) is 29.7 Å². The third-order valence-electron chi connectivity index (χ3n) is 6.18. The fourth-order valence-corrected chi connectivity index (χ4v) is 4.29. The lowest BCUT2D eigenvalue weighted by atomic mass is 10.0. The van der Waals surface area contributed by atoms with E-state index in [1.54, 1.807) is 18.3 Å². The number of carbonyl (C=O) groups excluding carboxylic acids is 1. The lowest BCUT2D eigenvalue weighted by Gasteiger charge is -2.32. The van der Waals surface area contributed by atoms with E-state index in [2.05, 4.69) is 44.0 Å². The van der Waals surface area contributed by atoms with Gasteiger partial charge in [0.25, 0.3) is 0 Å². The summed E-state index contributed by atoms with van der Waals surface area (Å²) in [6, 6.07) is 15.8. The van der Waals surface area contributed by atoms with Gasteiger partial charge in [0.05, 0.1) is 29.4 Å². The molecule has 0 saturated heterocycles. The molecular formula is C23H23N7O. The van der Waals surface area contributed by atoms with Crippen LogP contribution in [0.2, 0.25) is 0 Å². The lowest BCUT2D eigenvalue weighted by molar-refractivity contribution is 0.142. The summed E-state index contributed by atoms with van der Waals surface area (Å²) in [6.45, 7) is 4.46. The minimum atomic E-state index is -0.522. The molecule has 1 saturated carbocycles. The van der Waals surface area contributed by atoms with E-state index in [-0.39, 0.29) is 12.1 Å². The molecule has 2 aromatic heterocycles. The van der Waals surface area contributed by atoms with E-state index < -0.39 is 5.54 Å². The van der Waals surface area contributed by atoms with Gasteiger partial charge in [-0.05, 0) is 38.0 Å². The Balaban J connectivity index is 1.30. The number of aromatic nitrogens is 3. The number of urea groups is 1. The van der Waals surface area contributed by atoms with Gasteiger partial charge < -0.3 is 15.5 Å². The Morgan fingerprint density at radius 1 is 1.29 bits per heavy atom. The van der Waals surface area contributed by atoms with Crippen molar-refractivity contribution in [1.29, 1.82) is 5.26 Å². The maximum absolute atomic E-state index is 13.1. The Bertz CT molecular complexity index is 1180. The third-order valence-corrected chi connectivity index (χ3v) is 6.18. The van der Waals surface area contributed by atoms with Gasteiger partial charge in [-0.1, -0.05) is 30.3 Å². The molecule has 0 bridgehead atoms. The topological polar surface area (TPSA) is 110 Å². The molecule has 2 atom stereocenters. The van der Waals surface area contributed by atoms with Crippen molar-refractivity contribution < 1.29 is 4.79 Å². The number of amides is 2. The molecule has 156 valence electrons. The predicted molar refractivity (Wildman–Crippen MR) is 116 cm³/mol. The lowest BCUT2D eigenvalue weighted by Crippen LogP contribution is -2.47. The van der Waals surface area contributed by atoms with Crippen LogP contribution in [0.3, 0.4) is 0 Å². The van der Waals surface area contributed by atoms with Crippen molar-refractivity contribution in [2.45, 2.75) is 44.3 Å². The Labute approximate surface area is 180 Å². The van der Waals surface area contributed by atoms with Gasteiger partial charge in [-0.15, -0.1) is 0 Å². The van der Waals surface area contributed by atoms with Gasteiger partial charge in [0, 0.05) is 23.7 Å². The smallest absolute Gasteiger partial charge is 0.318 e. The number of hydrogen-bond acceptors (Lipinski definition) is 5. The van der Waals surface area contributed by atoms with E-state index in [9.17, 15) is 4.79 Å².